The van der Waals surface area contributed by atoms with Gasteiger partial charge in [-0.05, 0) is 18.1 Å². The number of hydrogen-bond acceptors (Lipinski definition) is 4. The van der Waals surface area contributed by atoms with E-state index in [2.05, 4.69) is 10.1 Å². The predicted molar refractivity (Wildman–Crippen MR) is 54.7 cm³/mol. The molecule has 3 N–H and O–H groups in total. The fourth-order valence-corrected chi connectivity index (χ4v) is 2.51. The molecule has 0 atom stereocenters. The molecule has 0 saturated heterocycles. The molecular formula is C9H10N2O3S. The Morgan fingerprint density at radius 3 is 3.13 bits per heavy atom. The van der Waals surface area contributed by atoms with Crippen LogP contribution in [0.1, 0.15) is 20.1 Å². The zero-order valence-electron chi connectivity index (χ0n) is 7.91. The minimum atomic E-state index is -0.800. The van der Waals surface area contributed by atoms with Gasteiger partial charge in [-0.1, -0.05) is 0 Å². The highest BCUT2D eigenvalue weighted by atomic mass is 32.1. The Kier molecular flexibility index (Phi) is 2.59. The molecular weight excluding hydrogens is 216 g/mol. The summed E-state index contributed by atoms with van der Waals surface area (Å²) >= 11 is 1.34. The van der Waals surface area contributed by atoms with E-state index in [1.165, 1.54) is 11.3 Å². The van der Waals surface area contributed by atoms with Crippen molar-refractivity contribution in [3.05, 3.63) is 21.4 Å². The van der Waals surface area contributed by atoms with E-state index in [1.807, 2.05) is 6.07 Å². The zero-order chi connectivity index (χ0) is 10.8. The molecule has 2 amide bonds. The van der Waals surface area contributed by atoms with Crippen LogP contribution >= 0.6 is 11.3 Å². The fourth-order valence-electron chi connectivity index (χ4n) is 1.47. The van der Waals surface area contributed by atoms with Crippen molar-refractivity contribution < 1.29 is 14.3 Å². The Labute approximate surface area is 90.2 Å². The van der Waals surface area contributed by atoms with Gasteiger partial charge in [0.25, 0.3) is 5.91 Å². The minimum absolute atomic E-state index is 0.0495. The lowest BCUT2D eigenvalue weighted by Crippen LogP contribution is -2.30. The predicted octanol–water partition coefficient (Wildman–Crippen LogP) is 0.629. The highest BCUT2D eigenvalue weighted by Gasteiger charge is 2.20. The summed E-state index contributed by atoms with van der Waals surface area (Å²) < 4.78 is 4.66. The highest BCUT2D eigenvalue weighted by molar-refractivity contribution is 7.14. The van der Waals surface area contributed by atoms with Crippen LogP contribution in [-0.4, -0.2) is 18.5 Å². The Bertz CT molecular complexity index is 413. The van der Waals surface area contributed by atoms with Crippen LogP contribution < -0.4 is 11.1 Å². The van der Waals surface area contributed by atoms with Crippen molar-refractivity contribution in [2.24, 2.45) is 5.73 Å². The van der Waals surface area contributed by atoms with Gasteiger partial charge in [0.1, 0.15) is 6.61 Å². The third-order valence-electron chi connectivity index (χ3n) is 2.10. The number of nitrogens with one attached hydrogen (secondary N) is 1. The van der Waals surface area contributed by atoms with Gasteiger partial charge >= 0.3 is 6.09 Å². The second-order valence-corrected chi connectivity index (χ2v) is 4.32. The smallest absolute Gasteiger partial charge is 0.404 e. The summed E-state index contributed by atoms with van der Waals surface area (Å²) in [5.41, 5.74) is 5.87. The number of primary amides is 1. The zero-order valence-corrected chi connectivity index (χ0v) is 8.73. The normalized spacial score (nSPS) is 14.3. The number of amides is 2. The number of carbonyl (C=O) groups excluding carboxylic acids is 2. The van der Waals surface area contributed by atoms with Crippen molar-refractivity contribution >= 4 is 23.3 Å². The van der Waals surface area contributed by atoms with E-state index in [9.17, 15) is 9.59 Å². The molecule has 0 radical (unpaired) electrons. The number of thiophene rings is 1. The van der Waals surface area contributed by atoms with Crippen LogP contribution in [-0.2, 0) is 17.8 Å². The molecule has 0 fully saturated rings. The molecule has 0 unspecified atom stereocenters. The van der Waals surface area contributed by atoms with Crippen LogP contribution in [0.5, 0.6) is 0 Å². The largest absolute Gasteiger partial charge is 0.444 e. The van der Waals surface area contributed by atoms with Crippen molar-refractivity contribution in [1.29, 1.82) is 0 Å². The van der Waals surface area contributed by atoms with Crippen molar-refractivity contribution in [2.75, 3.05) is 6.54 Å². The molecule has 5 nitrogen and oxygen atoms in total. The number of hydrogen-bond donors (Lipinski definition) is 2. The van der Waals surface area contributed by atoms with E-state index < -0.39 is 6.09 Å². The Morgan fingerprint density at radius 1 is 1.67 bits per heavy atom. The van der Waals surface area contributed by atoms with Crippen molar-refractivity contribution in [1.82, 2.24) is 5.32 Å². The lowest BCUT2D eigenvalue weighted by molar-refractivity contribution is 0.0950. The molecule has 2 heterocycles. The first-order chi connectivity index (χ1) is 7.16. The summed E-state index contributed by atoms with van der Waals surface area (Å²) in [4.78, 5) is 23.4. The summed E-state index contributed by atoms with van der Waals surface area (Å²) in [6.07, 6.45) is 0.0274. The standard InChI is InChI=1S/C9H10N2O3S/c10-9(13)14-4-6-3-5-1-2-11-8(12)7(5)15-6/h3H,1-2,4H2,(H2,10,13)(H,11,12). The first kappa shape index (κ1) is 9.97. The average Bonchev–Trinajstić information content (AvgIpc) is 2.59. The second kappa shape index (κ2) is 3.90. The maximum atomic E-state index is 11.4. The van der Waals surface area contributed by atoms with Gasteiger partial charge in [-0.3, -0.25) is 4.79 Å². The van der Waals surface area contributed by atoms with Gasteiger partial charge in [0.05, 0.1) is 4.88 Å². The first-order valence-electron chi connectivity index (χ1n) is 4.49. The van der Waals surface area contributed by atoms with E-state index in [4.69, 9.17) is 5.73 Å². The van der Waals surface area contributed by atoms with Gasteiger partial charge in [0.2, 0.25) is 0 Å². The Morgan fingerprint density at radius 2 is 2.47 bits per heavy atom. The molecule has 1 aliphatic heterocycles. The summed E-state index contributed by atoms with van der Waals surface area (Å²) in [5, 5.41) is 2.76. The number of nitrogens with two attached hydrogens (primary N) is 1. The van der Waals surface area contributed by atoms with Crippen LogP contribution in [0, 0.1) is 0 Å². The summed E-state index contributed by atoms with van der Waals surface area (Å²) in [7, 11) is 0. The van der Waals surface area contributed by atoms with Gasteiger partial charge in [-0.15, -0.1) is 11.3 Å². The summed E-state index contributed by atoms with van der Waals surface area (Å²) in [6, 6.07) is 1.89. The van der Waals surface area contributed by atoms with E-state index in [1.54, 1.807) is 0 Å². The summed E-state index contributed by atoms with van der Waals surface area (Å²) in [6.45, 7) is 0.805. The van der Waals surface area contributed by atoms with Gasteiger partial charge in [-0.25, -0.2) is 4.79 Å². The molecule has 0 spiro atoms. The van der Waals surface area contributed by atoms with Crippen molar-refractivity contribution in [2.45, 2.75) is 13.0 Å². The quantitative estimate of drug-likeness (QED) is 0.776. The molecule has 2 rings (SSSR count). The topological polar surface area (TPSA) is 81.4 Å². The van der Waals surface area contributed by atoms with Gasteiger partial charge < -0.3 is 15.8 Å². The second-order valence-electron chi connectivity index (χ2n) is 3.18. The van der Waals surface area contributed by atoms with Crippen molar-refractivity contribution in [3.63, 3.8) is 0 Å². The molecule has 1 aliphatic rings. The maximum Gasteiger partial charge on any atom is 0.404 e. The fraction of sp³-hybridized carbons (Fsp3) is 0.333. The first-order valence-corrected chi connectivity index (χ1v) is 5.30. The average molecular weight is 226 g/mol. The Balaban J connectivity index is 2.14. The number of ether oxygens (including phenoxy) is 1. The molecule has 1 aromatic heterocycles. The molecule has 80 valence electrons. The van der Waals surface area contributed by atoms with Crippen molar-refractivity contribution in [3.8, 4) is 0 Å². The minimum Gasteiger partial charge on any atom is -0.444 e. The van der Waals surface area contributed by atoms with Gasteiger partial charge in [0, 0.05) is 11.4 Å². The van der Waals surface area contributed by atoms with E-state index in [0.29, 0.717) is 11.4 Å². The lowest BCUT2D eigenvalue weighted by atomic mass is 10.1. The van der Waals surface area contributed by atoms with E-state index >= 15 is 0 Å². The molecule has 0 aromatic carbocycles. The van der Waals surface area contributed by atoms with Gasteiger partial charge in [0.15, 0.2) is 0 Å². The third-order valence-corrected chi connectivity index (χ3v) is 3.25. The lowest BCUT2D eigenvalue weighted by Gasteiger charge is -2.10. The highest BCUT2D eigenvalue weighted by Crippen LogP contribution is 2.25. The molecule has 15 heavy (non-hydrogen) atoms. The molecule has 1 aromatic rings. The van der Waals surface area contributed by atoms with E-state index in [-0.39, 0.29) is 12.5 Å². The maximum absolute atomic E-state index is 11.4. The van der Waals surface area contributed by atoms with E-state index in [0.717, 1.165) is 16.9 Å². The number of fused-ring (bicyclic) bond motifs is 1. The third kappa shape index (κ3) is 2.10. The SMILES string of the molecule is NC(=O)OCc1cc2c(s1)C(=O)NCC2. The molecule has 0 saturated carbocycles. The molecule has 0 aliphatic carbocycles. The monoisotopic (exact) mass is 226 g/mol. The molecule has 0 bridgehead atoms. The van der Waals surface area contributed by atoms with Crippen LogP contribution in [0.2, 0.25) is 0 Å². The Hall–Kier alpha value is -1.56. The van der Waals surface area contributed by atoms with Crippen LogP contribution in [0.15, 0.2) is 6.07 Å². The van der Waals surface area contributed by atoms with Crippen LogP contribution in [0.3, 0.4) is 0 Å². The number of carbonyl (C=O) groups is 2. The van der Waals surface area contributed by atoms with Crippen LogP contribution in [0.4, 0.5) is 4.79 Å². The van der Waals surface area contributed by atoms with Gasteiger partial charge in [-0.2, -0.15) is 0 Å². The number of rotatable bonds is 2. The molecule has 6 heteroatoms. The van der Waals surface area contributed by atoms with Crippen LogP contribution in [0.25, 0.3) is 0 Å². The summed E-state index contributed by atoms with van der Waals surface area (Å²) in [5.74, 6) is -0.0495.